The van der Waals surface area contributed by atoms with Crippen molar-refractivity contribution in [1.29, 1.82) is 0 Å². The number of piperidine rings is 1. The highest BCUT2D eigenvalue weighted by Crippen LogP contribution is 2.21. The van der Waals surface area contributed by atoms with Crippen LogP contribution < -0.4 is 0 Å². The SMILES string of the molecule is CCN(CC)C(=O)CN(C)C(=O)C1CCN(C(=O)c2ccoc2)CC1. The van der Waals surface area contributed by atoms with Gasteiger partial charge in [0.2, 0.25) is 11.8 Å². The highest BCUT2D eigenvalue weighted by atomic mass is 16.3. The molecule has 0 N–H and O–H groups in total. The number of hydrogen-bond acceptors (Lipinski definition) is 4. The van der Waals surface area contributed by atoms with Gasteiger partial charge in [0.25, 0.3) is 5.91 Å². The Kier molecular flexibility index (Phi) is 6.61. The molecule has 0 unspecified atom stereocenters. The van der Waals surface area contributed by atoms with Crippen LogP contribution in [0.2, 0.25) is 0 Å². The Labute approximate surface area is 148 Å². The molecule has 0 aliphatic carbocycles. The van der Waals surface area contributed by atoms with Crippen molar-refractivity contribution in [1.82, 2.24) is 14.7 Å². The number of nitrogens with zero attached hydrogens (tertiary/aromatic N) is 3. The Bertz CT molecular complexity index is 587. The monoisotopic (exact) mass is 349 g/mol. The van der Waals surface area contributed by atoms with Crippen LogP contribution in [-0.4, -0.2) is 72.2 Å². The Morgan fingerprint density at radius 2 is 1.84 bits per heavy atom. The van der Waals surface area contributed by atoms with Gasteiger partial charge in [0, 0.05) is 39.1 Å². The van der Waals surface area contributed by atoms with Crippen molar-refractivity contribution in [3.05, 3.63) is 24.2 Å². The molecule has 1 aromatic rings. The molecular weight excluding hydrogens is 322 g/mol. The molecule has 0 bridgehead atoms. The summed E-state index contributed by atoms with van der Waals surface area (Å²) in [6.45, 7) is 6.33. The van der Waals surface area contributed by atoms with E-state index in [0.29, 0.717) is 44.6 Å². The molecule has 7 heteroatoms. The number of amides is 3. The lowest BCUT2D eigenvalue weighted by Crippen LogP contribution is -2.46. The minimum Gasteiger partial charge on any atom is -0.472 e. The first kappa shape index (κ1) is 19.0. The summed E-state index contributed by atoms with van der Waals surface area (Å²) in [7, 11) is 1.67. The van der Waals surface area contributed by atoms with Crippen molar-refractivity contribution in [2.45, 2.75) is 26.7 Å². The molecule has 25 heavy (non-hydrogen) atoms. The summed E-state index contributed by atoms with van der Waals surface area (Å²) in [5.74, 6) is -0.253. The second kappa shape index (κ2) is 8.69. The molecule has 2 heterocycles. The third kappa shape index (κ3) is 4.61. The van der Waals surface area contributed by atoms with E-state index in [9.17, 15) is 14.4 Å². The van der Waals surface area contributed by atoms with Crippen molar-refractivity contribution in [3.63, 3.8) is 0 Å². The predicted octanol–water partition coefficient (Wildman–Crippen LogP) is 1.46. The smallest absolute Gasteiger partial charge is 0.257 e. The van der Waals surface area contributed by atoms with Crippen molar-refractivity contribution in [2.24, 2.45) is 5.92 Å². The third-order valence-electron chi connectivity index (χ3n) is 4.76. The lowest BCUT2D eigenvalue weighted by Gasteiger charge is -2.33. The number of hydrogen-bond donors (Lipinski definition) is 0. The van der Waals surface area contributed by atoms with E-state index in [2.05, 4.69) is 0 Å². The van der Waals surface area contributed by atoms with Gasteiger partial charge in [0.05, 0.1) is 18.4 Å². The van der Waals surface area contributed by atoms with Crippen LogP contribution in [0.5, 0.6) is 0 Å². The molecule has 1 aliphatic heterocycles. The summed E-state index contributed by atoms with van der Waals surface area (Å²) in [5, 5.41) is 0. The fourth-order valence-electron chi connectivity index (χ4n) is 3.17. The van der Waals surface area contributed by atoms with E-state index >= 15 is 0 Å². The molecule has 138 valence electrons. The maximum Gasteiger partial charge on any atom is 0.257 e. The molecule has 1 saturated heterocycles. The van der Waals surface area contributed by atoms with Gasteiger partial charge in [0.15, 0.2) is 0 Å². The van der Waals surface area contributed by atoms with Crippen molar-refractivity contribution in [2.75, 3.05) is 39.8 Å². The molecule has 0 spiro atoms. The molecule has 0 aromatic carbocycles. The molecule has 0 atom stereocenters. The van der Waals surface area contributed by atoms with E-state index in [1.54, 1.807) is 22.9 Å². The van der Waals surface area contributed by atoms with E-state index in [1.807, 2.05) is 13.8 Å². The second-order valence-electron chi connectivity index (χ2n) is 6.34. The maximum atomic E-state index is 12.6. The van der Waals surface area contributed by atoms with Gasteiger partial charge in [-0.25, -0.2) is 0 Å². The van der Waals surface area contributed by atoms with Crippen molar-refractivity contribution < 1.29 is 18.8 Å². The topological polar surface area (TPSA) is 74.1 Å². The van der Waals surface area contributed by atoms with Crippen LogP contribution in [0.1, 0.15) is 37.0 Å². The first-order valence-corrected chi connectivity index (χ1v) is 8.82. The highest BCUT2D eigenvalue weighted by Gasteiger charge is 2.30. The predicted molar refractivity (Wildman–Crippen MR) is 92.9 cm³/mol. The summed E-state index contributed by atoms with van der Waals surface area (Å²) in [5.41, 5.74) is 0.534. The minimum absolute atomic E-state index is 0.0177. The van der Waals surface area contributed by atoms with Crippen LogP contribution in [0.3, 0.4) is 0 Å². The lowest BCUT2D eigenvalue weighted by atomic mass is 9.95. The van der Waals surface area contributed by atoms with Gasteiger partial charge < -0.3 is 19.1 Å². The zero-order valence-electron chi connectivity index (χ0n) is 15.2. The molecule has 7 nitrogen and oxygen atoms in total. The Morgan fingerprint density at radius 1 is 1.20 bits per heavy atom. The first-order chi connectivity index (χ1) is 12.0. The average Bonchev–Trinajstić information content (AvgIpc) is 3.16. The molecule has 0 radical (unpaired) electrons. The second-order valence-corrected chi connectivity index (χ2v) is 6.34. The van der Waals surface area contributed by atoms with Crippen LogP contribution in [0, 0.1) is 5.92 Å². The van der Waals surface area contributed by atoms with Crippen LogP contribution in [0.15, 0.2) is 23.0 Å². The summed E-state index contributed by atoms with van der Waals surface area (Å²) in [6, 6.07) is 1.65. The van der Waals surface area contributed by atoms with E-state index in [4.69, 9.17) is 4.42 Å². The largest absolute Gasteiger partial charge is 0.472 e. The number of rotatable bonds is 6. The third-order valence-corrected chi connectivity index (χ3v) is 4.76. The highest BCUT2D eigenvalue weighted by molar-refractivity contribution is 5.94. The molecule has 2 rings (SSSR count). The fraction of sp³-hybridized carbons (Fsp3) is 0.611. The van der Waals surface area contributed by atoms with Crippen molar-refractivity contribution in [3.8, 4) is 0 Å². The molecular formula is C18H27N3O4. The lowest BCUT2D eigenvalue weighted by molar-refractivity contribution is -0.142. The van der Waals surface area contributed by atoms with E-state index in [0.717, 1.165) is 0 Å². The quantitative estimate of drug-likeness (QED) is 0.779. The van der Waals surface area contributed by atoms with Gasteiger partial charge in [0.1, 0.15) is 6.26 Å². The van der Waals surface area contributed by atoms with Gasteiger partial charge in [-0.1, -0.05) is 0 Å². The molecule has 1 fully saturated rings. The summed E-state index contributed by atoms with van der Waals surface area (Å²) >= 11 is 0. The van der Waals surface area contributed by atoms with E-state index in [-0.39, 0.29) is 30.2 Å². The standard InChI is InChI=1S/C18H27N3O4/c1-4-20(5-2)16(22)12-19(3)17(23)14-6-9-21(10-7-14)18(24)15-8-11-25-13-15/h8,11,13-14H,4-7,9-10,12H2,1-3H3. The van der Waals surface area contributed by atoms with Crippen LogP contribution in [0.4, 0.5) is 0 Å². The maximum absolute atomic E-state index is 12.6. The summed E-state index contributed by atoms with van der Waals surface area (Å²) in [4.78, 5) is 42.0. The number of carbonyl (C=O) groups is 3. The molecule has 1 aromatic heterocycles. The fourth-order valence-corrected chi connectivity index (χ4v) is 3.17. The summed E-state index contributed by atoms with van der Waals surface area (Å²) < 4.78 is 4.95. The molecule has 3 amide bonds. The van der Waals surface area contributed by atoms with E-state index < -0.39 is 0 Å². The Morgan fingerprint density at radius 3 is 2.36 bits per heavy atom. The van der Waals surface area contributed by atoms with E-state index in [1.165, 1.54) is 17.4 Å². The molecule has 1 aliphatic rings. The minimum atomic E-state index is -0.136. The van der Waals surface area contributed by atoms with Crippen LogP contribution in [-0.2, 0) is 9.59 Å². The van der Waals surface area contributed by atoms with Crippen LogP contribution in [0.25, 0.3) is 0 Å². The van der Waals surface area contributed by atoms with Gasteiger partial charge in [-0.05, 0) is 32.8 Å². The zero-order chi connectivity index (χ0) is 18.4. The average molecular weight is 349 g/mol. The normalized spacial score (nSPS) is 15.1. The number of furan rings is 1. The van der Waals surface area contributed by atoms with Crippen molar-refractivity contribution >= 4 is 17.7 Å². The van der Waals surface area contributed by atoms with Gasteiger partial charge in [-0.3, -0.25) is 14.4 Å². The Balaban J connectivity index is 1.84. The number of likely N-dealkylation sites (N-methyl/N-ethyl adjacent to an activating group) is 2. The van der Waals surface area contributed by atoms with Gasteiger partial charge >= 0.3 is 0 Å². The van der Waals surface area contributed by atoms with Crippen LogP contribution >= 0.6 is 0 Å². The first-order valence-electron chi connectivity index (χ1n) is 8.82. The molecule has 0 saturated carbocycles. The number of carbonyl (C=O) groups excluding carboxylic acids is 3. The van der Waals surface area contributed by atoms with Gasteiger partial charge in [-0.2, -0.15) is 0 Å². The Hall–Kier alpha value is -2.31. The van der Waals surface area contributed by atoms with Gasteiger partial charge in [-0.15, -0.1) is 0 Å². The number of likely N-dealkylation sites (tertiary alicyclic amines) is 1. The summed E-state index contributed by atoms with van der Waals surface area (Å²) in [6.07, 6.45) is 4.15. The zero-order valence-corrected chi connectivity index (χ0v) is 15.2.